The number of hydrogen-bond acceptors (Lipinski definition) is 5. The van der Waals surface area contributed by atoms with Crippen molar-refractivity contribution >= 4 is 21.8 Å². The molecule has 0 aliphatic heterocycles. The fourth-order valence-electron chi connectivity index (χ4n) is 5.20. The van der Waals surface area contributed by atoms with Gasteiger partial charge < -0.3 is 23.9 Å². The van der Waals surface area contributed by atoms with Gasteiger partial charge >= 0.3 is 0 Å². The van der Waals surface area contributed by atoms with Crippen LogP contribution in [0.1, 0.15) is 95.9 Å². The normalized spacial score (nSPS) is 12.2. The maximum Gasteiger partial charge on any atom is 0.128 e. The topological polar surface area (TPSA) is 75.4 Å². The predicted octanol–water partition coefficient (Wildman–Crippen LogP) is 7.53. The zero-order valence-electron chi connectivity index (χ0n) is 26.9. The molecule has 0 amide bonds. The van der Waals surface area contributed by atoms with Crippen LogP contribution >= 0.6 is 0 Å². The fraction of sp³-hybridized carbons (Fsp3) is 0.636. The molecule has 1 aromatic carbocycles. The molecule has 41 heavy (non-hydrogen) atoms. The van der Waals surface area contributed by atoms with Gasteiger partial charge in [-0.2, -0.15) is 0 Å². The lowest BCUT2D eigenvalue weighted by molar-refractivity contribution is -0.929. The highest BCUT2D eigenvalue weighted by Crippen LogP contribution is 2.26. The van der Waals surface area contributed by atoms with Gasteiger partial charge in [0, 0.05) is 22.5 Å². The van der Waals surface area contributed by atoms with E-state index < -0.39 is 10.8 Å². The number of imidazole rings is 1. The van der Waals surface area contributed by atoms with Gasteiger partial charge in [-0.3, -0.25) is 9.19 Å². The Balaban J connectivity index is 0.000000307. The van der Waals surface area contributed by atoms with Crippen LogP contribution in [0.5, 0.6) is 11.5 Å². The van der Waals surface area contributed by atoms with Crippen LogP contribution in [0.2, 0.25) is 0 Å². The van der Waals surface area contributed by atoms with Crippen molar-refractivity contribution in [3.8, 4) is 11.5 Å². The summed E-state index contributed by atoms with van der Waals surface area (Å²) in [4.78, 5) is 13.1. The maximum atomic E-state index is 12.6. The van der Waals surface area contributed by atoms with Gasteiger partial charge in [-0.1, -0.05) is 59.4 Å². The Labute approximate surface area is 251 Å². The molecule has 0 aliphatic carbocycles. The minimum Gasteiger partial charge on any atom is -0.497 e. The van der Waals surface area contributed by atoms with Crippen LogP contribution in [0, 0.1) is 13.8 Å². The van der Waals surface area contributed by atoms with Crippen molar-refractivity contribution in [1.29, 1.82) is 0 Å². The summed E-state index contributed by atoms with van der Waals surface area (Å²) in [6.07, 6.45) is 12.8. The Morgan fingerprint density at radius 1 is 0.854 bits per heavy atom. The minimum absolute atomic E-state index is 0.246. The molecule has 3 aromatic rings. The molecular weight excluding hydrogens is 532 g/mol. The monoisotopic (exact) mass is 586 g/mol. The van der Waals surface area contributed by atoms with Crippen LogP contribution in [0.25, 0.3) is 11.0 Å². The molecule has 2 aromatic heterocycles. The third-order valence-corrected chi connectivity index (χ3v) is 8.91. The molecule has 0 saturated carbocycles. The summed E-state index contributed by atoms with van der Waals surface area (Å²) in [5.74, 6) is 1.71. The van der Waals surface area contributed by atoms with Crippen molar-refractivity contribution in [3.63, 3.8) is 0 Å². The number of quaternary nitrogens is 1. The molecule has 7 nitrogen and oxygen atoms in total. The molecule has 0 unspecified atom stereocenters. The largest absolute Gasteiger partial charge is 0.497 e. The van der Waals surface area contributed by atoms with E-state index in [9.17, 15) is 4.21 Å². The van der Waals surface area contributed by atoms with Crippen LogP contribution < -0.4 is 14.5 Å². The second-order valence-corrected chi connectivity index (χ2v) is 12.4. The van der Waals surface area contributed by atoms with E-state index in [1.807, 2.05) is 13.8 Å². The average molecular weight is 587 g/mol. The molecule has 8 heteroatoms. The highest BCUT2D eigenvalue weighted by molar-refractivity contribution is 7.84. The Morgan fingerprint density at radius 3 is 1.90 bits per heavy atom. The summed E-state index contributed by atoms with van der Waals surface area (Å²) < 4.78 is 24.6. The second-order valence-electron chi connectivity index (χ2n) is 11.0. The van der Waals surface area contributed by atoms with E-state index in [0.29, 0.717) is 21.9 Å². The Hall–Kier alpha value is -2.45. The summed E-state index contributed by atoms with van der Waals surface area (Å²) in [6.45, 7) is 18.9. The number of benzene rings is 1. The molecule has 0 bridgehead atoms. The van der Waals surface area contributed by atoms with E-state index in [4.69, 9.17) is 9.47 Å². The summed E-state index contributed by atoms with van der Waals surface area (Å²) in [7, 11) is 1.83. The van der Waals surface area contributed by atoms with Crippen molar-refractivity contribution < 1.29 is 18.2 Å². The van der Waals surface area contributed by atoms with E-state index in [-0.39, 0.29) is 5.75 Å². The third kappa shape index (κ3) is 10.4. The van der Waals surface area contributed by atoms with Crippen molar-refractivity contribution in [2.75, 3.05) is 40.4 Å². The number of unbranched alkanes of at least 4 members (excludes halogenated alkanes) is 4. The number of nitrogens with zero attached hydrogens (tertiary/aromatic N) is 4. The SMILES string of the molecule is CCCC[N+](CCCC)(CCCC)CCCC.COc1ccc2[n-]c([S@@](=O)Cc3ncc(C)c(OC)c3C)nc2c1. The molecule has 0 fully saturated rings. The first-order valence-corrected chi connectivity index (χ1v) is 16.8. The van der Waals surface area contributed by atoms with Crippen molar-refractivity contribution in [2.24, 2.45) is 0 Å². The highest BCUT2D eigenvalue weighted by atomic mass is 32.2. The molecule has 1 atom stereocenters. The quantitative estimate of drug-likeness (QED) is 0.152. The Morgan fingerprint density at radius 2 is 1.41 bits per heavy atom. The molecule has 3 rings (SSSR count). The molecule has 0 spiro atoms. The fourth-order valence-corrected chi connectivity index (χ4v) is 6.27. The van der Waals surface area contributed by atoms with E-state index in [0.717, 1.165) is 22.6 Å². The van der Waals surface area contributed by atoms with Crippen LogP contribution in [0.3, 0.4) is 0 Å². The van der Waals surface area contributed by atoms with Crippen molar-refractivity contribution in [2.45, 2.75) is 104 Å². The molecule has 0 radical (unpaired) electrons. The van der Waals surface area contributed by atoms with E-state index in [1.54, 1.807) is 38.6 Å². The van der Waals surface area contributed by atoms with Crippen LogP contribution in [0.4, 0.5) is 0 Å². The van der Waals surface area contributed by atoms with Gasteiger partial charge in [0.2, 0.25) is 0 Å². The lowest BCUT2D eigenvalue weighted by Crippen LogP contribution is -2.50. The summed E-state index contributed by atoms with van der Waals surface area (Å²) >= 11 is 0. The zero-order valence-corrected chi connectivity index (χ0v) is 27.7. The lowest BCUT2D eigenvalue weighted by atomic mass is 10.1. The maximum absolute atomic E-state index is 12.6. The van der Waals surface area contributed by atoms with Crippen molar-refractivity contribution in [3.05, 3.63) is 41.2 Å². The lowest BCUT2D eigenvalue weighted by Gasteiger charge is -2.39. The highest BCUT2D eigenvalue weighted by Gasteiger charge is 2.24. The molecule has 0 N–H and O–H groups in total. The van der Waals surface area contributed by atoms with Gasteiger partial charge in [0.25, 0.3) is 0 Å². The number of fused-ring (bicyclic) bond motifs is 1. The predicted molar refractivity (Wildman–Crippen MR) is 171 cm³/mol. The Bertz CT molecular complexity index is 1170. The van der Waals surface area contributed by atoms with Gasteiger partial charge in [0.1, 0.15) is 11.5 Å². The van der Waals surface area contributed by atoms with Crippen LogP contribution in [-0.4, -0.2) is 59.1 Å². The third-order valence-electron chi connectivity index (χ3n) is 7.78. The summed E-state index contributed by atoms with van der Waals surface area (Å²) in [5, 5.41) is 0.305. The number of methoxy groups -OCH3 is 2. The number of aryl methyl sites for hydroxylation is 1. The number of rotatable bonds is 17. The molecule has 0 saturated heterocycles. The average Bonchev–Trinajstić information content (AvgIpc) is 3.42. The molecule has 2 heterocycles. The van der Waals surface area contributed by atoms with E-state index in [2.05, 4.69) is 42.6 Å². The van der Waals surface area contributed by atoms with Gasteiger partial charge in [0.05, 0.1) is 62.6 Å². The van der Waals surface area contributed by atoms with Crippen LogP contribution in [-0.2, 0) is 16.6 Å². The van der Waals surface area contributed by atoms with Gasteiger partial charge in [-0.05, 0) is 62.7 Å². The number of aromatic nitrogens is 3. The minimum atomic E-state index is -1.38. The number of pyridine rings is 1. The Kier molecular flexibility index (Phi) is 15.4. The van der Waals surface area contributed by atoms with Gasteiger partial charge in [0.15, 0.2) is 0 Å². The summed E-state index contributed by atoms with van der Waals surface area (Å²) in [5.41, 5.74) is 3.94. The standard InChI is InChI=1S/C17H18N3O3S.C16H36N/c1-10-8-18-15(11(2)16(10)23-4)9-24(21)17-19-13-6-5-12(22-3)7-14(13)20-17;1-5-9-13-17(14-10-6-2,15-11-7-3)16-12-8-4/h5-8H,9H2,1-4H3;5-16H2,1-4H3/q-1;+1/t24-;/m0./s1. The second kappa shape index (κ2) is 18.2. The smallest absolute Gasteiger partial charge is 0.128 e. The van der Waals surface area contributed by atoms with Crippen molar-refractivity contribution in [1.82, 2.24) is 15.0 Å². The molecular formula is C33H54N4O3S. The first-order chi connectivity index (χ1) is 19.8. The first kappa shape index (κ1) is 34.7. The summed E-state index contributed by atoms with van der Waals surface area (Å²) in [6, 6.07) is 5.39. The molecule has 230 valence electrons. The van der Waals surface area contributed by atoms with E-state index >= 15 is 0 Å². The van der Waals surface area contributed by atoms with Crippen LogP contribution in [0.15, 0.2) is 29.6 Å². The number of hydrogen-bond donors (Lipinski definition) is 0. The molecule has 0 aliphatic rings. The first-order valence-electron chi connectivity index (χ1n) is 15.5. The number of ether oxygens (including phenoxy) is 2. The van der Waals surface area contributed by atoms with Gasteiger partial charge in [-0.15, -0.1) is 0 Å². The van der Waals surface area contributed by atoms with E-state index in [1.165, 1.54) is 82.0 Å². The zero-order chi connectivity index (χ0) is 30.3. The van der Waals surface area contributed by atoms with Gasteiger partial charge in [-0.25, -0.2) is 0 Å².